The van der Waals surface area contributed by atoms with E-state index in [9.17, 15) is 17.6 Å². The summed E-state index contributed by atoms with van der Waals surface area (Å²) in [6.45, 7) is -0.0754. The smallest absolute Gasteiger partial charge is 0.261 e. The summed E-state index contributed by atoms with van der Waals surface area (Å²) in [6, 6.07) is 12.6. The van der Waals surface area contributed by atoms with Crippen LogP contribution in [0.25, 0.3) is 0 Å². The second-order valence-corrected chi connectivity index (χ2v) is 9.60. The molecule has 0 radical (unpaired) electrons. The van der Waals surface area contributed by atoms with Crippen LogP contribution in [0.1, 0.15) is 12.0 Å². The SMILES string of the molecule is O=C(COc1ccc(Br)cc1)N(Cc1cccc(F)c1)[C@@H]1CCS(=O)(=O)C1. The van der Waals surface area contributed by atoms with Gasteiger partial charge in [0.25, 0.3) is 5.91 Å². The summed E-state index contributed by atoms with van der Waals surface area (Å²) in [5.74, 6) is -0.213. The average molecular weight is 456 g/mol. The molecule has 1 aliphatic heterocycles. The molecule has 1 amide bonds. The van der Waals surface area contributed by atoms with Gasteiger partial charge in [0.15, 0.2) is 16.4 Å². The van der Waals surface area contributed by atoms with Crippen molar-refractivity contribution < 1.29 is 22.3 Å². The number of benzene rings is 2. The van der Waals surface area contributed by atoms with Crippen LogP contribution in [-0.2, 0) is 21.2 Å². The third-order valence-corrected chi connectivity index (χ3v) is 6.67. The number of nitrogens with zero attached hydrogens (tertiary/aromatic N) is 1. The minimum absolute atomic E-state index is 0.0537. The molecule has 8 heteroatoms. The fourth-order valence-electron chi connectivity index (χ4n) is 3.03. The van der Waals surface area contributed by atoms with Gasteiger partial charge in [-0.25, -0.2) is 12.8 Å². The standard InChI is InChI=1S/C19H19BrFNO4S/c20-15-4-6-18(7-5-15)26-12-19(23)22(17-8-9-27(24,25)13-17)11-14-2-1-3-16(21)10-14/h1-7,10,17H,8-9,11-13H2/t17-/m1/s1. The lowest BCUT2D eigenvalue weighted by molar-refractivity contribution is -0.136. The Morgan fingerprint density at radius 1 is 1.22 bits per heavy atom. The Morgan fingerprint density at radius 3 is 2.59 bits per heavy atom. The summed E-state index contributed by atoms with van der Waals surface area (Å²) in [5.41, 5.74) is 0.608. The molecule has 1 atom stereocenters. The van der Waals surface area contributed by atoms with Gasteiger partial charge < -0.3 is 9.64 Å². The number of hydrogen-bond donors (Lipinski definition) is 0. The van der Waals surface area contributed by atoms with Crippen LogP contribution < -0.4 is 4.74 Å². The summed E-state index contributed by atoms with van der Waals surface area (Å²) in [4.78, 5) is 14.3. The summed E-state index contributed by atoms with van der Waals surface area (Å²) in [7, 11) is -3.16. The Kier molecular flexibility index (Phi) is 6.16. The molecule has 144 valence electrons. The molecule has 2 aromatic carbocycles. The van der Waals surface area contributed by atoms with E-state index in [1.165, 1.54) is 17.0 Å². The first-order chi connectivity index (χ1) is 12.8. The number of halogens is 2. The number of carbonyl (C=O) groups is 1. The maximum absolute atomic E-state index is 13.5. The fourth-order valence-corrected chi connectivity index (χ4v) is 5.03. The van der Waals surface area contributed by atoms with E-state index in [4.69, 9.17) is 4.74 Å². The lowest BCUT2D eigenvalue weighted by atomic mass is 10.1. The molecule has 1 fully saturated rings. The zero-order chi connectivity index (χ0) is 19.4. The van der Waals surface area contributed by atoms with Crippen molar-refractivity contribution in [2.75, 3.05) is 18.1 Å². The molecule has 1 heterocycles. The van der Waals surface area contributed by atoms with Crippen molar-refractivity contribution in [3.8, 4) is 5.75 Å². The number of hydrogen-bond acceptors (Lipinski definition) is 4. The lowest BCUT2D eigenvalue weighted by Crippen LogP contribution is -2.43. The molecular weight excluding hydrogens is 437 g/mol. The first-order valence-corrected chi connectivity index (χ1v) is 11.1. The molecule has 2 aromatic rings. The van der Waals surface area contributed by atoms with Gasteiger partial charge in [-0.15, -0.1) is 0 Å². The van der Waals surface area contributed by atoms with Gasteiger partial charge in [0.1, 0.15) is 11.6 Å². The van der Waals surface area contributed by atoms with Gasteiger partial charge in [-0.3, -0.25) is 4.79 Å². The molecule has 27 heavy (non-hydrogen) atoms. The van der Waals surface area contributed by atoms with E-state index in [0.29, 0.717) is 17.7 Å². The Hall–Kier alpha value is -1.93. The molecule has 0 spiro atoms. The van der Waals surface area contributed by atoms with Crippen LogP contribution in [0, 0.1) is 5.82 Å². The van der Waals surface area contributed by atoms with Crippen LogP contribution >= 0.6 is 15.9 Å². The van der Waals surface area contributed by atoms with Crippen LogP contribution in [0.2, 0.25) is 0 Å². The summed E-state index contributed by atoms with van der Waals surface area (Å²) in [6.07, 6.45) is 0.377. The second-order valence-electron chi connectivity index (χ2n) is 6.45. The molecule has 0 aliphatic carbocycles. The van der Waals surface area contributed by atoms with Crippen molar-refractivity contribution in [3.63, 3.8) is 0 Å². The maximum atomic E-state index is 13.5. The van der Waals surface area contributed by atoms with Crippen LogP contribution in [0.5, 0.6) is 5.75 Å². The molecule has 3 rings (SSSR count). The van der Waals surface area contributed by atoms with Gasteiger partial charge >= 0.3 is 0 Å². The van der Waals surface area contributed by atoms with Crippen molar-refractivity contribution in [2.45, 2.75) is 19.0 Å². The molecule has 0 saturated carbocycles. The molecule has 0 unspecified atom stereocenters. The van der Waals surface area contributed by atoms with Gasteiger partial charge in [-0.1, -0.05) is 28.1 Å². The third kappa shape index (κ3) is 5.52. The van der Waals surface area contributed by atoms with E-state index in [2.05, 4.69) is 15.9 Å². The van der Waals surface area contributed by atoms with E-state index in [-0.39, 0.29) is 30.6 Å². The van der Waals surface area contributed by atoms with Gasteiger partial charge in [0.05, 0.1) is 11.5 Å². The normalized spacial score (nSPS) is 18.2. The van der Waals surface area contributed by atoms with Crippen LogP contribution in [0.15, 0.2) is 53.0 Å². The number of carbonyl (C=O) groups excluding carboxylic acids is 1. The highest BCUT2D eigenvalue weighted by molar-refractivity contribution is 9.10. The Morgan fingerprint density at radius 2 is 1.96 bits per heavy atom. The molecule has 0 bridgehead atoms. The predicted octanol–water partition coefficient (Wildman–Crippen LogP) is 3.18. The number of sulfone groups is 1. The Balaban J connectivity index is 1.73. The Bertz CT molecular complexity index is 918. The molecule has 1 saturated heterocycles. The van der Waals surface area contributed by atoms with E-state index in [1.54, 1.807) is 36.4 Å². The maximum Gasteiger partial charge on any atom is 0.261 e. The first kappa shape index (κ1) is 19.8. The topological polar surface area (TPSA) is 63.7 Å². The fraction of sp³-hybridized carbons (Fsp3) is 0.316. The molecule has 0 N–H and O–H groups in total. The van der Waals surface area contributed by atoms with Crippen LogP contribution in [-0.4, -0.2) is 43.4 Å². The number of amides is 1. The van der Waals surface area contributed by atoms with E-state index in [1.807, 2.05) is 0 Å². The highest BCUT2D eigenvalue weighted by Crippen LogP contribution is 2.21. The zero-order valence-electron chi connectivity index (χ0n) is 14.5. The molecular formula is C19H19BrFNO4S. The minimum Gasteiger partial charge on any atom is -0.484 e. The second kappa shape index (κ2) is 8.39. The number of rotatable bonds is 6. The van der Waals surface area contributed by atoms with Gasteiger partial charge in [0, 0.05) is 17.1 Å². The monoisotopic (exact) mass is 455 g/mol. The van der Waals surface area contributed by atoms with E-state index >= 15 is 0 Å². The van der Waals surface area contributed by atoms with Crippen molar-refractivity contribution >= 4 is 31.7 Å². The van der Waals surface area contributed by atoms with Crippen LogP contribution in [0.3, 0.4) is 0 Å². The average Bonchev–Trinajstić information content (AvgIpc) is 2.98. The quantitative estimate of drug-likeness (QED) is 0.670. The van der Waals surface area contributed by atoms with Crippen molar-refractivity contribution in [3.05, 3.63) is 64.4 Å². The zero-order valence-corrected chi connectivity index (χ0v) is 16.9. The molecule has 5 nitrogen and oxygen atoms in total. The van der Waals surface area contributed by atoms with E-state index in [0.717, 1.165) is 4.47 Å². The van der Waals surface area contributed by atoms with Gasteiger partial charge in [-0.05, 0) is 48.4 Å². The van der Waals surface area contributed by atoms with E-state index < -0.39 is 21.7 Å². The third-order valence-electron chi connectivity index (χ3n) is 4.39. The summed E-state index contributed by atoms with van der Waals surface area (Å²) >= 11 is 3.33. The highest BCUT2D eigenvalue weighted by atomic mass is 79.9. The van der Waals surface area contributed by atoms with Gasteiger partial charge in [-0.2, -0.15) is 0 Å². The predicted molar refractivity (Wildman–Crippen MR) is 104 cm³/mol. The summed E-state index contributed by atoms with van der Waals surface area (Å²) in [5, 5.41) is 0. The Labute approximate surface area is 166 Å². The minimum atomic E-state index is -3.16. The molecule has 1 aliphatic rings. The van der Waals surface area contributed by atoms with Crippen LogP contribution in [0.4, 0.5) is 4.39 Å². The van der Waals surface area contributed by atoms with Crippen molar-refractivity contribution in [2.24, 2.45) is 0 Å². The van der Waals surface area contributed by atoms with Crippen molar-refractivity contribution in [1.29, 1.82) is 0 Å². The molecule has 0 aromatic heterocycles. The first-order valence-electron chi connectivity index (χ1n) is 8.45. The van der Waals surface area contributed by atoms with Crippen molar-refractivity contribution in [1.82, 2.24) is 4.90 Å². The lowest BCUT2D eigenvalue weighted by Gasteiger charge is -2.28. The summed E-state index contributed by atoms with van der Waals surface area (Å²) < 4.78 is 43.6. The largest absolute Gasteiger partial charge is 0.484 e. The highest BCUT2D eigenvalue weighted by Gasteiger charge is 2.34. The number of ether oxygens (including phenoxy) is 1. The van der Waals surface area contributed by atoms with Gasteiger partial charge in [0.2, 0.25) is 0 Å².